The first-order chi connectivity index (χ1) is 17.2. The standard InChI is InChI=1S/C23H28N5O6PS2/c1-23(2,3)9-10-28-22(30)18(20(29)19(25-28)14-8-11-36-13-14)21-24-16-7-6-15(27-37(5,32)33)12-17(16)35(31,26-21)34-4/h6-8,11-13,27,29H,9-10H2,1-5H3,(H,24,26,31). The molecule has 2 aromatic heterocycles. The molecule has 4 rings (SSSR count). The molecule has 0 saturated heterocycles. The lowest BCUT2D eigenvalue weighted by Gasteiger charge is -2.25. The number of hydrogen-bond acceptors (Lipinski definition) is 9. The molecule has 0 radical (unpaired) electrons. The Labute approximate surface area is 218 Å². The highest BCUT2D eigenvalue weighted by atomic mass is 32.2. The normalized spacial score (nSPS) is 17.6. The zero-order valence-electron chi connectivity index (χ0n) is 21.0. The third-order valence-corrected chi connectivity index (χ3v) is 8.80. The van der Waals surface area contributed by atoms with E-state index >= 15 is 0 Å². The van der Waals surface area contributed by atoms with Gasteiger partial charge in [0.05, 0.1) is 17.2 Å². The average Bonchev–Trinajstić information content (AvgIpc) is 3.32. The molecule has 37 heavy (non-hydrogen) atoms. The third kappa shape index (κ3) is 5.80. The molecule has 1 aliphatic heterocycles. The number of amidine groups is 1. The van der Waals surface area contributed by atoms with Crippen molar-refractivity contribution in [2.45, 2.75) is 33.7 Å². The molecule has 3 aromatic rings. The van der Waals surface area contributed by atoms with Crippen molar-refractivity contribution in [1.82, 2.24) is 9.78 Å². The van der Waals surface area contributed by atoms with E-state index in [4.69, 9.17) is 4.52 Å². The van der Waals surface area contributed by atoms with Crippen molar-refractivity contribution in [3.63, 3.8) is 0 Å². The smallest absolute Gasteiger partial charge is 0.348 e. The predicted octanol–water partition coefficient (Wildman–Crippen LogP) is 3.82. The van der Waals surface area contributed by atoms with Crippen molar-refractivity contribution < 1.29 is 22.6 Å². The minimum Gasteiger partial charge on any atom is -0.505 e. The summed E-state index contributed by atoms with van der Waals surface area (Å²) in [5.41, 5.74) is 0.416. The zero-order valence-corrected chi connectivity index (χ0v) is 23.5. The predicted molar refractivity (Wildman–Crippen MR) is 147 cm³/mol. The van der Waals surface area contributed by atoms with Crippen molar-refractivity contribution in [2.75, 3.05) is 23.4 Å². The number of anilines is 2. The molecule has 0 bridgehead atoms. The van der Waals surface area contributed by atoms with Crippen LogP contribution in [-0.4, -0.2) is 42.5 Å². The quantitative estimate of drug-likeness (QED) is 0.366. The van der Waals surface area contributed by atoms with Crippen molar-refractivity contribution in [3.05, 3.63) is 50.9 Å². The Bertz CT molecular complexity index is 1590. The molecular weight excluding hydrogens is 537 g/mol. The van der Waals surface area contributed by atoms with Crippen LogP contribution in [0.15, 0.2) is 44.6 Å². The maximum absolute atomic E-state index is 13.8. The lowest BCUT2D eigenvalue weighted by Crippen LogP contribution is -2.35. The second-order valence-electron chi connectivity index (χ2n) is 9.81. The van der Waals surface area contributed by atoms with Gasteiger partial charge >= 0.3 is 7.52 Å². The number of fused-ring (bicyclic) bond motifs is 1. The summed E-state index contributed by atoms with van der Waals surface area (Å²) in [6.45, 7) is 6.43. The summed E-state index contributed by atoms with van der Waals surface area (Å²) in [6, 6.07) is 6.11. The highest BCUT2D eigenvalue weighted by Gasteiger charge is 2.36. The van der Waals surface area contributed by atoms with E-state index in [1.165, 1.54) is 41.3 Å². The van der Waals surface area contributed by atoms with Crippen LogP contribution in [0.1, 0.15) is 32.8 Å². The van der Waals surface area contributed by atoms with E-state index in [9.17, 15) is 22.9 Å². The number of rotatable bonds is 7. The highest BCUT2D eigenvalue weighted by Crippen LogP contribution is 2.52. The van der Waals surface area contributed by atoms with E-state index in [0.717, 1.165) is 6.26 Å². The van der Waals surface area contributed by atoms with E-state index in [-0.39, 0.29) is 33.5 Å². The van der Waals surface area contributed by atoms with Crippen LogP contribution >= 0.6 is 18.9 Å². The van der Waals surface area contributed by atoms with Gasteiger partial charge in [0, 0.05) is 30.3 Å². The van der Waals surface area contributed by atoms with Gasteiger partial charge in [-0.25, -0.2) is 13.1 Å². The highest BCUT2D eigenvalue weighted by molar-refractivity contribution is 7.92. The molecule has 1 aromatic carbocycles. The van der Waals surface area contributed by atoms with Gasteiger partial charge in [0.2, 0.25) is 10.0 Å². The first-order valence-corrected chi connectivity index (χ1v) is 15.6. The Morgan fingerprint density at radius 3 is 2.59 bits per heavy atom. The molecular formula is C23H28N5O6PS2. The van der Waals surface area contributed by atoms with Gasteiger partial charge in [-0.3, -0.25) is 14.1 Å². The fourth-order valence-corrected chi connectivity index (χ4v) is 6.43. The van der Waals surface area contributed by atoms with E-state index in [1.54, 1.807) is 11.4 Å². The Balaban J connectivity index is 1.89. The lowest BCUT2D eigenvalue weighted by atomic mass is 9.92. The maximum Gasteiger partial charge on any atom is 0.348 e. The van der Waals surface area contributed by atoms with Crippen LogP contribution in [0.25, 0.3) is 11.3 Å². The van der Waals surface area contributed by atoms with Gasteiger partial charge in [0.15, 0.2) is 11.6 Å². The Hall–Kier alpha value is -2.99. The molecule has 0 fully saturated rings. The number of sulfonamides is 1. The summed E-state index contributed by atoms with van der Waals surface area (Å²) in [4.78, 5) is 13.6. The van der Waals surface area contributed by atoms with Gasteiger partial charge in [-0.2, -0.15) is 21.2 Å². The zero-order chi connectivity index (χ0) is 27.2. The van der Waals surface area contributed by atoms with Gasteiger partial charge in [-0.1, -0.05) is 20.8 Å². The van der Waals surface area contributed by atoms with E-state index < -0.39 is 28.9 Å². The molecule has 3 heterocycles. The Kier molecular flexibility index (Phi) is 7.10. The molecule has 1 unspecified atom stereocenters. The first kappa shape index (κ1) is 27.1. The summed E-state index contributed by atoms with van der Waals surface area (Å²) in [7, 11) is -6.33. The van der Waals surface area contributed by atoms with Crippen molar-refractivity contribution in [1.29, 1.82) is 0 Å². The summed E-state index contributed by atoms with van der Waals surface area (Å²) in [5.74, 6) is -0.532. The number of aromatic hydroxyl groups is 1. The van der Waals surface area contributed by atoms with Crippen LogP contribution in [0.3, 0.4) is 0 Å². The van der Waals surface area contributed by atoms with Crippen LogP contribution in [0.4, 0.5) is 11.4 Å². The number of nitrogens with one attached hydrogen (secondary N) is 2. The van der Waals surface area contributed by atoms with Crippen LogP contribution < -0.4 is 20.9 Å². The minimum absolute atomic E-state index is 0.0786. The number of benzene rings is 1. The van der Waals surface area contributed by atoms with Crippen molar-refractivity contribution >= 4 is 51.4 Å². The average molecular weight is 566 g/mol. The third-order valence-electron chi connectivity index (χ3n) is 5.57. The molecule has 198 valence electrons. The number of aromatic nitrogens is 2. The Morgan fingerprint density at radius 1 is 1.27 bits per heavy atom. The van der Waals surface area contributed by atoms with Crippen LogP contribution in [0.5, 0.6) is 5.75 Å². The molecule has 14 heteroatoms. The monoisotopic (exact) mass is 565 g/mol. The molecule has 0 amide bonds. The lowest BCUT2D eigenvalue weighted by molar-refractivity contribution is 0.335. The summed E-state index contributed by atoms with van der Waals surface area (Å²) in [6.07, 6.45) is 1.64. The molecule has 1 aliphatic rings. The summed E-state index contributed by atoms with van der Waals surface area (Å²) >= 11 is 1.41. The fraction of sp³-hybridized carbons (Fsp3) is 0.348. The molecule has 1 atom stereocenters. The van der Waals surface area contributed by atoms with Crippen LogP contribution in [0.2, 0.25) is 0 Å². The summed E-state index contributed by atoms with van der Waals surface area (Å²) < 4.78 is 50.2. The fourth-order valence-electron chi connectivity index (χ4n) is 3.70. The first-order valence-electron chi connectivity index (χ1n) is 11.2. The number of aryl methyl sites for hydroxylation is 1. The molecule has 0 saturated carbocycles. The number of hydrogen-bond donors (Lipinski definition) is 3. The minimum atomic E-state index is -3.96. The van der Waals surface area contributed by atoms with Gasteiger partial charge in [-0.05, 0) is 41.5 Å². The van der Waals surface area contributed by atoms with Gasteiger partial charge < -0.3 is 14.9 Å². The van der Waals surface area contributed by atoms with Gasteiger partial charge in [0.1, 0.15) is 11.3 Å². The maximum atomic E-state index is 13.8. The van der Waals surface area contributed by atoms with E-state index in [2.05, 4.69) is 19.9 Å². The van der Waals surface area contributed by atoms with Gasteiger partial charge in [-0.15, -0.1) is 0 Å². The van der Waals surface area contributed by atoms with Crippen LogP contribution in [0, 0.1) is 5.41 Å². The van der Waals surface area contributed by atoms with Crippen molar-refractivity contribution in [2.24, 2.45) is 10.2 Å². The molecule has 0 spiro atoms. The topological polar surface area (TPSA) is 152 Å². The van der Waals surface area contributed by atoms with Crippen molar-refractivity contribution in [3.8, 4) is 17.0 Å². The Morgan fingerprint density at radius 2 is 2.00 bits per heavy atom. The SMILES string of the molecule is COP1(=O)N=C(c2c(O)c(-c3ccsc3)nn(CCC(C)(C)C)c2=O)Nc2ccc(NS(C)(=O)=O)cc21. The van der Waals surface area contributed by atoms with E-state index in [0.29, 0.717) is 24.2 Å². The molecule has 0 aliphatic carbocycles. The number of nitrogens with zero attached hydrogens (tertiary/aromatic N) is 3. The van der Waals surface area contributed by atoms with Gasteiger partial charge in [0.25, 0.3) is 5.56 Å². The second kappa shape index (κ2) is 9.71. The largest absolute Gasteiger partial charge is 0.505 e. The molecule has 3 N–H and O–H groups in total. The van der Waals surface area contributed by atoms with E-state index in [1.807, 2.05) is 26.2 Å². The molecule has 11 nitrogen and oxygen atoms in total. The number of thiophene rings is 1. The second-order valence-corrected chi connectivity index (χ2v) is 14.4. The van der Waals surface area contributed by atoms with Crippen LogP contribution in [-0.2, 0) is 25.7 Å². The summed E-state index contributed by atoms with van der Waals surface area (Å²) in [5, 5.41) is 22.4.